The van der Waals surface area contributed by atoms with Gasteiger partial charge >= 0.3 is 0 Å². The number of ether oxygens (including phenoxy) is 1. The largest absolute Gasteiger partial charge is 0.380 e. The monoisotopic (exact) mass is 308 g/mol. The molecule has 2 rings (SSSR count). The summed E-state index contributed by atoms with van der Waals surface area (Å²) in [5, 5.41) is 0. The molecule has 0 aliphatic carbocycles. The van der Waals surface area contributed by atoms with E-state index in [1.165, 1.54) is 4.31 Å². The van der Waals surface area contributed by atoms with Crippen molar-refractivity contribution in [1.82, 2.24) is 4.31 Å². The number of nitrogens with two attached hydrogens (primary N) is 1. The lowest BCUT2D eigenvalue weighted by Gasteiger charge is -2.17. The fourth-order valence-corrected chi connectivity index (χ4v) is 3.97. The van der Waals surface area contributed by atoms with Gasteiger partial charge in [-0.1, -0.05) is 17.9 Å². The third-order valence-electron chi connectivity index (χ3n) is 3.52. The molecule has 0 amide bonds. The highest BCUT2D eigenvalue weighted by atomic mass is 32.2. The van der Waals surface area contributed by atoms with Crippen molar-refractivity contribution >= 4 is 10.0 Å². The standard InChI is InChI=1S/C15H20N2O3S/c1-12-5-6-15(13(10-12)4-3-8-16)21(18,19)17-9-7-14(11-17)20-2/h5-6,10,14H,7-9,11,16H2,1-2H3. The normalized spacial score (nSPS) is 19.3. The van der Waals surface area contributed by atoms with Gasteiger partial charge in [-0.3, -0.25) is 0 Å². The zero-order chi connectivity index (χ0) is 15.5. The molecule has 2 N–H and O–H groups in total. The average Bonchev–Trinajstić information content (AvgIpc) is 2.94. The van der Waals surface area contributed by atoms with Crippen molar-refractivity contribution in [2.45, 2.75) is 24.3 Å². The highest BCUT2D eigenvalue weighted by Gasteiger charge is 2.33. The molecule has 0 bridgehead atoms. The lowest BCUT2D eigenvalue weighted by atomic mass is 10.1. The highest BCUT2D eigenvalue weighted by molar-refractivity contribution is 7.89. The van der Waals surface area contributed by atoms with Crippen molar-refractivity contribution in [3.8, 4) is 11.8 Å². The third-order valence-corrected chi connectivity index (χ3v) is 5.44. The Bertz CT molecular complexity index is 674. The van der Waals surface area contributed by atoms with E-state index in [0.29, 0.717) is 25.1 Å². The summed E-state index contributed by atoms with van der Waals surface area (Å²) < 4.78 is 32.2. The fourth-order valence-electron chi connectivity index (χ4n) is 2.36. The first kappa shape index (κ1) is 16.0. The Morgan fingerprint density at radius 3 is 2.86 bits per heavy atom. The predicted octanol–water partition coefficient (Wildman–Crippen LogP) is 0.715. The van der Waals surface area contributed by atoms with Crippen molar-refractivity contribution in [2.24, 2.45) is 5.73 Å². The first-order chi connectivity index (χ1) is 9.98. The molecule has 1 aliphatic heterocycles. The molecule has 0 radical (unpaired) electrons. The summed E-state index contributed by atoms with van der Waals surface area (Å²) in [4.78, 5) is 0.241. The van der Waals surface area contributed by atoms with E-state index in [9.17, 15) is 8.42 Å². The van der Waals surface area contributed by atoms with Gasteiger partial charge in [-0.2, -0.15) is 4.31 Å². The molecule has 6 heteroatoms. The molecule has 1 atom stereocenters. The maximum atomic E-state index is 12.8. The van der Waals surface area contributed by atoms with Crippen LogP contribution in [0, 0.1) is 18.8 Å². The number of hydrogen-bond donors (Lipinski definition) is 1. The van der Waals surface area contributed by atoms with Crippen LogP contribution >= 0.6 is 0 Å². The van der Waals surface area contributed by atoms with Crippen LogP contribution in [0.5, 0.6) is 0 Å². The Morgan fingerprint density at radius 1 is 1.48 bits per heavy atom. The van der Waals surface area contributed by atoms with Crippen LogP contribution in [0.15, 0.2) is 23.1 Å². The highest BCUT2D eigenvalue weighted by Crippen LogP contribution is 2.25. The molecule has 1 aliphatic rings. The molecule has 0 aromatic heterocycles. The summed E-state index contributed by atoms with van der Waals surface area (Å²) in [5.74, 6) is 5.58. The summed E-state index contributed by atoms with van der Waals surface area (Å²) in [7, 11) is -1.95. The average molecular weight is 308 g/mol. The van der Waals surface area contributed by atoms with Crippen molar-refractivity contribution in [1.29, 1.82) is 0 Å². The molecule has 1 aromatic carbocycles. The van der Waals surface area contributed by atoms with E-state index >= 15 is 0 Å². The van der Waals surface area contributed by atoms with Crippen molar-refractivity contribution in [3.05, 3.63) is 29.3 Å². The van der Waals surface area contributed by atoms with Gasteiger partial charge in [-0.15, -0.1) is 0 Å². The minimum atomic E-state index is -3.55. The smallest absolute Gasteiger partial charge is 0.244 e. The van der Waals surface area contributed by atoms with Crippen LogP contribution < -0.4 is 5.73 Å². The third kappa shape index (κ3) is 3.44. The first-order valence-electron chi connectivity index (χ1n) is 6.81. The van der Waals surface area contributed by atoms with E-state index in [2.05, 4.69) is 11.8 Å². The van der Waals surface area contributed by atoms with Gasteiger partial charge in [0.05, 0.1) is 17.5 Å². The number of benzene rings is 1. The van der Waals surface area contributed by atoms with Gasteiger partial charge in [0.2, 0.25) is 10.0 Å². The summed E-state index contributed by atoms with van der Waals surface area (Å²) >= 11 is 0. The molecule has 1 heterocycles. The first-order valence-corrected chi connectivity index (χ1v) is 8.25. The molecular weight excluding hydrogens is 288 g/mol. The Balaban J connectivity index is 2.40. The lowest BCUT2D eigenvalue weighted by molar-refractivity contribution is 0.115. The lowest BCUT2D eigenvalue weighted by Crippen LogP contribution is -2.30. The maximum absolute atomic E-state index is 12.8. The molecule has 21 heavy (non-hydrogen) atoms. The second-order valence-electron chi connectivity index (χ2n) is 5.01. The van der Waals surface area contributed by atoms with Crippen LogP contribution in [0.4, 0.5) is 0 Å². The zero-order valence-corrected chi connectivity index (χ0v) is 13.1. The van der Waals surface area contributed by atoms with Crippen LogP contribution in [0.1, 0.15) is 17.5 Å². The maximum Gasteiger partial charge on any atom is 0.244 e. The predicted molar refractivity (Wildman–Crippen MR) is 81.3 cm³/mol. The molecule has 114 valence electrons. The molecule has 1 saturated heterocycles. The molecule has 0 saturated carbocycles. The van der Waals surface area contributed by atoms with E-state index in [1.807, 2.05) is 6.92 Å². The van der Waals surface area contributed by atoms with E-state index in [-0.39, 0.29) is 17.5 Å². The summed E-state index contributed by atoms with van der Waals surface area (Å²) in [5.41, 5.74) is 6.85. The van der Waals surface area contributed by atoms with Crippen LogP contribution in [0.3, 0.4) is 0 Å². The second kappa shape index (κ2) is 6.58. The summed E-state index contributed by atoms with van der Waals surface area (Å²) in [6, 6.07) is 5.18. The molecule has 1 unspecified atom stereocenters. The quantitative estimate of drug-likeness (QED) is 0.835. The Kier molecular flexibility index (Phi) is 5.01. The summed E-state index contributed by atoms with van der Waals surface area (Å²) in [6.07, 6.45) is 0.676. The molecule has 0 spiro atoms. The van der Waals surface area contributed by atoms with E-state index in [0.717, 1.165) is 5.56 Å². The Hall–Kier alpha value is -1.39. The van der Waals surface area contributed by atoms with Gasteiger partial charge in [0.25, 0.3) is 0 Å². The van der Waals surface area contributed by atoms with Crippen LogP contribution in [-0.2, 0) is 14.8 Å². The molecular formula is C15H20N2O3S. The van der Waals surface area contributed by atoms with E-state index in [1.54, 1.807) is 25.3 Å². The topological polar surface area (TPSA) is 72.6 Å². The van der Waals surface area contributed by atoms with Crippen LogP contribution in [0.25, 0.3) is 0 Å². The van der Waals surface area contributed by atoms with Gasteiger partial charge in [0.1, 0.15) is 0 Å². The SMILES string of the molecule is COC1CCN(S(=O)(=O)c2ccc(C)cc2C#CCN)C1. The molecule has 1 fully saturated rings. The number of nitrogens with zero attached hydrogens (tertiary/aromatic N) is 1. The number of aryl methyl sites for hydroxylation is 1. The van der Waals surface area contributed by atoms with E-state index in [4.69, 9.17) is 10.5 Å². The second-order valence-corrected chi connectivity index (χ2v) is 6.92. The van der Waals surface area contributed by atoms with Gasteiger partial charge in [0.15, 0.2) is 0 Å². The van der Waals surface area contributed by atoms with Crippen LogP contribution in [0.2, 0.25) is 0 Å². The minimum Gasteiger partial charge on any atom is -0.380 e. The van der Waals surface area contributed by atoms with Crippen molar-refractivity contribution in [3.63, 3.8) is 0 Å². The number of sulfonamides is 1. The van der Waals surface area contributed by atoms with Gasteiger partial charge in [0, 0.05) is 25.8 Å². The van der Waals surface area contributed by atoms with Crippen molar-refractivity contribution in [2.75, 3.05) is 26.7 Å². The van der Waals surface area contributed by atoms with Crippen molar-refractivity contribution < 1.29 is 13.2 Å². The van der Waals surface area contributed by atoms with E-state index < -0.39 is 10.0 Å². The van der Waals surface area contributed by atoms with Crippen LogP contribution in [-0.4, -0.2) is 45.6 Å². The van der Waals surface area contributed by atoms with Gasteiger partial charge in [-0.05, 0) is 31.0 Å². The Labute approximate surface area is 126 Å². The molecule has 1 aromatic rings. The zero-order valence-electron chi connectivity index (χ0n) is 12.3. The molecule has 5 nitrogen and oxygen atoms in total. The minimum absolute atomic E-state index is 0.0381. The number of rotatable bonds is 3. The fraction of sp³-hybridized carbons (Fsp3) is 0.467. The Morgan fingerprint density at radius 2 is 2.24 bits per heavy atom. The summed E-state index contributed by atoms with van der Waals surface area (Å²) in [6.45, 7) is 2.96. The number of hydrogen-bond acceptors (Lipinski definition) is 4. The van der Waals surface area contributed by atoms with Gasteiger partial charge in [-0.25, -0.2) is 8.42 Å². The number of methoxy groups -OCH3 is 1. The van der Waals surface area contributed by atoms with Gasteiger partial charge < -0.3 is 10.5 Å².